The normalized spacial score (nSPS) is 33.8. The molecule has 0 aromatic carbocycles. The van der Waals surface area contributed by atoms with E-state index in [2.05, 4.69) is 4.98 Å². The molecular formula is C8H11FN2O. The molecule has 0 saturated heterocycles. The molecule has 0 spiro atoms. The maximum absolute atomic E-state index is 12.9. The number of nitrogens with zero attached hydrogens (tertiary/aromatic N) is 1. The molecule has 1 aromatic heterocycles. The van der Waals surface area contributed by atoms with Crippen molar-refractivity contribution in [2.45, 2.75) is 31.5 Å². The van der Waals surface area contributed by atoms with Gasteiger partial charge in [-0.3, -0.25) is 0 Å². The largest absolute Gasteiger partial charge is 0.447 e. The summed E-state index contributed by atoms with van der Waals surface area (Å²) in [7, 11) is 0. The van der Waals surface area contributed by atoms with Crippen LogP contribution >= 0.6 is 0 Å². The number of hydrogen-bond donors (Lipinski definition) is 1. The molecule has 0 bridgehead atoms. The average molecular weight is 170 g/mol. The van der Waals surface area contributed by atoms with E-state index in [1.54, 1.807) is 0 Å². The van der Waals surface area contributed by atoms with Gasteiger partial charge < -0.3 is 10.2 Å². The maximum Gasteiger partial charge on any atom is 0.181 e. The highest BCUT2D eigenvalue weighted by atomic mass is 19.1. The summed E-state index contributed by atoms with van der Waals surface area (Å²) in [6, 6.07) is 0. The van der Waals surface area contributed by atoms with Crippen LogP contribution in [-0.2, 0) is 12.0 Å². The first-order valence-electron chi connectivity index (χ1n) is 3.95. The zero-order valence-electron chi connectivity index (χ0n) is 6.88. The van der Waals surface area contributed by atoms with Gasteiger partial charge in [0.15, 0.2) is 6.39 Å². The van der Waals surface area contributed by atoms with Gasteiger partial charge >= 0.3 is 0 Å². The molecular weight excluding hydrogens is 159 g/mol. The van der Waals surface area contributed by atoms with Crippen molar-refractivity contribution in [3.8, 4) is 0 Å². The lowest BCUT2D eigenvalue weighted by Gasteiger charge is -2.04. The lowest BCUT2D eigenvalue weighted by Crippen LogP contribution is -2.09. The van der Waals surface area contributed by atoms with E-state index in [4.69, 9.17) is 10.2 Å². The second kappa shape index (κ2) is 2.29. The molecule has 66 valence electrons. The SMILES string of the molecule is CC1(c2ocnc2CN)CC1F. The van der Waals surface area contributed by atoms with Crippen LogP contribution in [0.5, 0.6) is 0 Å². The molecule has 2 N–H and O–H groups in total. The Kier molecular flexibility index (Phi) is 1.48. The minimum absolute atomic E-state index is 0.314. The van der Waals surface area contributed by atoms with Gasteiger partial charge in [-0.05, 0) is 13.3 Å². The van der Waals surface area contributed by atoms with Crippen LogP contribution < -0.4 is 5.73 Å². The molecule has 1 aliphatic rings. The number of halogens is 1. The minimum atomic E-state index is -0.796. The molecule has 0 amide bonds. The summed E-state index contributed by atoms with van der Waals surface area (Å²) in [5, 5.41) is 0. The fourth-order valence-corrected chi connectivity index (χ4v) is 1.43. The number of nitrogens with two attached hydrogens (primary N) is 1. The molecule has 1 heterocycles. The molecule has 2 unspecified atom stereocenters. The highest BCUT2D eigenvalue weighted by Gasteiger charge is 2.56. The van der Waals surface area contributed by atoms with E-state index < -0.39 is 11.6 Å². The monoisotopic (exact) mass is 170 g/mol. The van der Waals surface area contributed by atoms with Gasteiger partial charge in [0.1, 0.15) is 11.9 Å². The van der Waals surface area contributed by atoms with Crippen LogP contribution in [0.25, 0.3) is 0 Å². The predicted octanol–water partition coefficient (Wildman–Crippen LogP) is 1.13. The van der Waals surface area contributed by atoms with Crippen molar-refractivity contribution in [1.29, 1.82) is 0 Å². The Labute approximate surface area is 69.8 Å². The van der Waals surface area contributed by atoms with E-state index in [9.17, 15) is 4.39 Å². The van der Waals surface area contributed by atoms with E-state index in [0.717, 1.165) is 0 Å². The predicted molar refractivity (Wildman–Crippen MR) is 41.3 cm³/mol. The van der Waals surface area contributed by atoms with E-state index in [0.29, 0.717) is 24.4 Å². The highest BCUT2D eigenvalue weighted by molar-refractivity contribution is 5.28. The summed E-state index contributed by atoms with van der Waals surface area (Å²) >= 11 is 0. The van der Waals surface area contributed by atoms with E-state index in [1.807, 2.05) is 6.92 Å². The van der Waals surface area contributed by atoms with Crippen LogP contribution in [0.15, 0.2) is 10.8 Å². The van der Waals surface area contributed by atoms with Gasteiger partial charge in [-0.15, -0.1) is 0 Å². The van der Waals surface area contributed by atoms with E-state index in [-0.39, 0.29) is 0 Å². The van der Waals surface area contributed by atoms with E-state index in [1.165, 1.54) is 6.39 Å². The van der Waals surface area contributed by atoms with Crippen LogP contribution in [0.2, 0.25) is 0 Å². The zero-order chi connectivity index (χ0) is 8.77. The molecule has 2 rings (SSSR count). The second-order valence-corrected chi connectivity index (χ2v) is 3.42. The van der Waals surface area contributed by atoms with Crippen LogP contribution in [0.1, 0.15) is 24.8 Å². The zero-order valence-corrected chi connectivity index (χ0v) is 6.88. The topological polar surface area (TPSA) is 52.0 Å². The maximum atomic E-state index is 12.9. The van der Waals surface area contributed by atoms with Crippen LogP contribution in [0, 0.1) is 0 Å². The number of aromatic nitrogens is 1. The van der Waals surface area contributed by atoms with Gasteiger partial charge in [-0.2, -0.15) is 0 Å². The third-order valence-electron chi connectivity index (χ3n) is 2.49. The summed E-state index contributed by atoms with van der Waals surface area (Å²) in [4.78, 5) is 3.92. The van der Waals surface area contributed by atoms with E-state index >= 15 is 0 Å². The van der Waals surface area contributed by atoms with Crippen molar-refractivity contribution in [2.24, 2.45) is 5.73 Å². The first kappa shape index (κ1) is 7.73. The van der Waals surface area contributed by atoms with Gasteiger partial charge in [0.05, 0.1) is 11.1 Å². The smallest absolute Gasteiger partial charge is 0.181 e. The number of hydrogen-bond acceptors (Lipinski definition) is 3. The Morgan fingerprint density at radius 2 is 2.58 bits per heavy atom. The summed E-state index contributed by atoms with van der Waals surface area (Å²) < 4.78 is 18.0. The standard InChI is InChI=1S/C8H11FN2O/c1-8(2-6(8)9)7-5(3-10)11-4-12-7/h4,6H,2-3,10H2,1H3. The van der Waals surface area contributed by atoms with Crippen molar-refractivity contribution in [3.63, 3.8) is 0 Å². The Morgan fingerprint density at radius 3 is 3.08 bits per heavy atom. The number of rotatable bonds is 2. The molecule has 2 atom stereocenters. The summed E-state index contributed by atoms with van der Waals surface area (Å²) in [5.41, 5.74) is 5.65. The molecule has 1 saturated carbocycles. The molecule has 0 radical (unpaired) electrons. The Balaban J connectivity index is 2.34. The third-order valence-corrected chi connectivity index (χ3v) is 2.49. The lowest BCUT2D eigenvalue weighted by molar-refractivity contribution is 0.383. The lowest BCUT2D eigenvalue weighted by atomic mass is 10.0. The van der Waals surface area contributed by atoms with Crippen molar-refractivity contribution in [3.05, 3.63) is 17.8 Å². The first-order chi connectivity index (χ1) is 5.68. The Bertz CT molecular complexity index is 299. The van der Waals surface area contributed by atoms with Crippen molar-refractivity contribution in [1.82, 2.24) is 4.98 Å². The quantitative estimate of drug-likeness (QED) is 0.723. The van der Waals surface area contributed by atoms with Gasteiger partial charge in [0, 0.05) is 6.54 Å². The van der Waals surface area contributed by atoms with Crippen LogP contribution in [0.4, 0.5) is 4.39 Å². The highest BCUT2D eigenvalue weighted by Crippen LogP contribution is 2.51. The number of oxazole rings is 1. The van der Waals surface area contributed by atoms with Crippen molar-refractivity contribution >= 4 is 0 Å². The molecule has 4 heteroatoms. The molecule has 1 aliphatic carbocycles. The van der Waals surface area contributed by atoms with Crippen LogP contribution in [-0.4, -0.2) is 11.2 Å². The van der Waals surface area contributed by atoms with Gasteiger partial charge in [0.25, 0.3) is 0 Å². The fourth-order valence-electron chi connectivity index (χ4n) is 1.43. The molecule has 12 heavy (non-hydrogen) atoms. The first-order valence-corrected chi connectivity index (χ1v) is 3.95. The molecule has 3 nitrogen and oxygen atoms in total. The molecule has 1 aromatic rings. The van der Waals surface area contributed by atoms with Gasteiger partial charge in [-0.25, -0.2) is 9.37 Å². The number of alkyl halides is 1. The fraction of sp³-hybridized carbons (Fsp3) is 0.625. The van der Waals surface area contributed by atoms with Gasteiger partial charge in [-0.1, -0.05) is 0 Å². The third kappa shape index (κ3) is 0.876. The Hall–Kier alpha value is -0.900. The van der Waals surface area contributed by atoms with Crippen molar-refractivity contribution in [2.75, 3.05) is 0 Å². The van der Waals surface area contributed by atoms with Crippen LogP contribution in [0.3, 0.4) is 0 Å². The van der Waals surface area contributed by atoms with Crippen molar-refractivity contribution < 1.29 is 8.81 Å². The summed E-state index contributed by atoms with van der Waals surface area (Å²) in [6.07, 6.45) is 1.05. The van der Waals surface area contributed by atoms with Gasteiger partial charge in [0.2, 0.25) is 0 Å². The summed E-state index contributed by atoms with van der Waals surface area (Å²) in [5.74, 6) is 0.623. The average Bonchev–Trinajstić information content (AvgIpc) is 2.56. The Morgan fingerprint density at radius 1 is 1.92 bits per heavy atom. The second-order valence-electron chi connectivity index (χ2n) is 3.42. The minimum Gasteiger partial charge on any atom is -0.447 e. The molecule has 1 fully saturated rings. The molecule has 0 aliphatic heterocycles. The summed E-state index contributed by atoms with van der Waals surface area (Å²) in [6.45, 7) is 2.14.